The van der Waals surface area contributed by atoms with Crippen LogP contribution in [0.1, 0.15) is 30.0 Å². The number of nitrogens with zero attached hydrogens (tertiary/aromatic N) is 2. The van der Waals surface area contributed by atoms with Crippen LogP contribution in [0.3, 0.4) is 0 Å². The van der Waals surface area contributed by atoms with E-state index in [0.717, 1.165) is 39.6 Å². The Hall–Kier alpha value is -3.41. The number of hydrogen-bond acceptors (Lipinski definition) is 2. The molecule has 0 saturated carbocycles. The average molecular weight is 417 g/mol. The van der Waals surface area contributed by atoms with Crippen LogP contribution in [0.5, 0.6) is 0 Å². The summed E-state index contributed by atoms with van der Waals surface area (Å²) in [5.74, 6) is -0.340. The Bertz CT molecular complexity index is 1210. The minimum absolute atomic E-state index is 0.000927. The lowest BCUT2D eigenvalue weighted by Gasteiger charge is -2.39. The zero-order chi connectivity index (χ0) is 21.5. The number of aromatic nitrogens is 1. The topological polar surface area (TPSA) is 56.4 Å². The van der Waals surface area contributed by atoms with Gasteiger partial charge in [0.1, 0.15) is 11.9 Å². The largest absolute Gasteiger partial charge is 0.360 e. The van der Waals surface area contributed by atoms with Crippen molar-refractivity contribution in [2.45, 2.75) is 32.4 Å². The van der Waals surface area contributed by atoms with Crippen LogP contribution in [0.2, 0.25) is 0 Å². The van der Waals surface area contributed by atoms with Crippen LogP contribution < -0.4 is 0 Å². The first-order valence-corrected chi connectivity index (χ1v) is 10.6. The highest BCUT2D eigenvalue weighted by atomic mass is 19.1. The first-order valence-electron chi connectivity index (χ1n) is 10.6. The molecule has 2 aromatic carbocycles. The van der Waals surface area contributed by atoms with Crippen molar-refractivity contribution in [3.8, 4) is 0 Å². The highest BCUT2D eigenvalue weighted by Gasteiger charge is 2.36. The van der Waals surface area contributed by atoms with Gasteiger partial charge < -0.3 is 14.8 Å². The first-order chi connectivity index (χ1) is 15.0. The Balaban J connectivity index is 1.36. The molecule has 1 atom stereocenters. The van der Waals surface area contributed by atoms with Crippen molar-refractivity contribution in [3.05, 3.63) is 77.2 Å². The van der Waals surface area contributed by atoms with E-state index in [1.54, 1.807) is 11.0 Å². The van der Waals surface area contributed by atoms with Gasteiger partial charge >= 0.3 is 0 Å². The van der Waals surface area contributed by atoms with Crippen molar-refractivity contribution in [2.24, 2.45) is 0 Å². The number of carbonyl (C=O) groups excluding carboxylic acids is 2. The van der Waals surface area contributed by atoms with Crippen LogP contribution in [0.4, 0.5) is 4.39 Å². The van der Waals surface area contributed by atoms with Crippen molar-refractivity contribution in [1.82, 2.24) is 14.8 Å². The summed E-state index contributed by atoms with van der Waals surface area (Å²) in [6.45, 7) is 3.11. The van der Waals surface area contributed by atoms with Crippen molar-refractivity contribution < 1.29 is 14.0 Å². The molecule has 0 aliphatic carbocycles. The fraction of sp³-hybridized carbons (Fsp3) is 0.280. The Kier molecular flexibility index (Phi) is 4.85. The number of fused-ring (bicyclic) bond motifs is 2. The molecule has 158 valence electrons. The number of H-pyrrole nitrogens is 1. The number of carbonyl (C=O) groups is 2. The third kappa shape index (κ3) is 3.52. The van der Waals surface area contributed by atoms with Crippen LogP contribution in [0, 0.1) is 5.82 Å². The standard InChI is InChI=1S/C25H24FN3O2/c1-16(30)29-15-19-5-3-2-4-18(19)12-24(29)25(31)28-10-8-17(9-11-28)22-14-27-23-13-20(26)6-7-21(22)23/h2-8,13-14,24,27H,9-12,15H2,1H3. The molecule has 0 spiro atoms. The van der Waals surface area contributed by atoms with Gasteiger partial charge in [-0.25, -0.2) is 4.39 Å². The number of nitrogens with one attached hydrogen (secondary N) is 1. The molecule has 6 heteroatoms. The number of amides is 2. The predicted molar refractivity (Wildman–Crippen MR) is 118 cm³/mol. The molecule has 2 aliphatic rings. The Morgan fingerprint density at radius 2 is 1.94 bits per heavy atom. The normalized spacial score (nSPS) is 18.6. The molecule has 0 saturated heterocycles. The number of rotatable bonds is 2. The molecule has 3 heterocycles. The lowest BCUT2D eigenvalue weighted by Crippen LogP contribution is -2.53. The van der Waals surface area contributed by atoms with Crippen molar-refractivity contribution in [3.63, 3.8) is 0 Å². The minimum atomic E-state index is -0.460. The second kappa shape index (κ2) is 7.69. The highest BCUT2D eigenvalue weighted by molar-refractivity contribution is 5.93. The van der Waals surface area contributed by atoms with Gasteiger partial charge in [0.05, 0.1) is 0 Å². The minimum Gasteiger partial charge on any atom is -0.360 e. The molecular formula is C25H24FN3O2. The second-order valence-corrected chi connectivity index (χ2v) is 8.29. The molecule has 0 fully saturated rings. The summed E-state index contributed by atoms with van der Waals surface area (Å²) in [6.07, 6.45) is 5.25. The third-order valence-corrected chi connectivity index (χ3v) is 6.45. The van der Waals surface area contributed by atoms with E-state index >= 15 is 0 Å². The van der Waals surface area contributed by atoms with Crippen LogP contribution in [0.15, 0.2) is 54.7 Å². The van der Waals surface area contributed by atoms with Gasteiger partial charge in [-0.1, -0.05) is 30.3 Å². The SMILES string of the molecule is CC(=O)N1Cc2ccccc2CC1C(=O)N1CC=C(c2c[nH]c3cc(F)ccc23)CC1. The molecule has 1 unspecified atom stereocenters. The van der Waals surface area contributed by atoms with E-state index in [-0.39, 0.29) is 17.6 Å². The van der Waals surface area contributed by atoms with Gasteiger partial charge in [-0.05, 0) is 41.3 Å². The summed E-state index contributed by atoms with van der Waals surface area (Å²) in [7, 11) is 0. The summed E-state index contributed by atoms with van der Waals surface area (Å²) >= 11 is 0. The fourth-order valence-electron chi connectivity index (χ4n) is 4.76. The summed E-state index contributed by atoms with van der Waals surface area (Å²) in [5.41, 5.74) is 5.22. The molecule has 0 radical (unpaired) electrons. The maximum atomic E-state index is 13.5. The maximum absolute atomic E-state index is 13.5. The molecular weight excluding hydrogens is 393 g/mol. The fourth-order valence-corrected chi connectivity index (χ4v) is 4.76. The number of benzene rings is 2. The Labute approximate surface area is 180 Å². The quantitative estimate of drug-likeness (QED) is 0.688. The molecule has 2 amide bonds. The van der Waals surface area contributed by atoms with E-state index in [1.165, 1.54) is 19.1 Å². The maximum Gasteiger partial charge on any atom is 0.246 e. The van der Waals surface area contributed by atoms with Crippen molar-refractivity contribution in [1.29, 1.82) is 0 Å². The first kappa shape index (κ1) is 19.5. The molecule has 31 heavy (non-hydrogen) atoms. The van der Waals surface area contributed by atoms with Crippen molar-refractivity contribution >= 4 is 28.3 Å². The highest BCUT2D eigenvalue weighted by Crippen LogP contribution is 2.31. The van der Waals surface area contributed by atoms with Crippen LogP contribution >= 0.6 is 0 Å². The van der Waals surface area contributed by atoms with Gasteiger partial charge in [0.2, 0.25) is 11.8 Å². The lowest BCUT2D eigenvalue weighted by atomic mass is 9.92. The molecule has 1 N–H and O–H groups in total. The monoisotopic (exact) mass is 417 g/mol. The molecule has 5 rings (SSSR count). The van der Waals surface area contributed by atoms with Crippen LogP contribution in [0.25, 0.3) is 16.5 Å². The predicted octanol–water partition coefficient (Wildman–Crippen LogP) is 3.90. The zero-order valence-electron chi connectivity index (χ0n) is 17.4. The van der Waals surface area contributed by atoms with Crippen LogP contribution in [-0.4, -0.2) is 45.7 Å². The van der Waals surface area contributed by atoms with E-state index < -0.39 is 6.04 Å². The van der Waals surface area contributed by atoms with Gasteiger partial charge in [0.25, 0.3) is 0 Å². The van der Waals surface area contributed by atoms with Crippen LogP contribution in [-0.2, 0) is 22.6 Å². The van der Waals surface area contributed by atoms with Gasteiger partial charge in [-0.15, -0.1) is 0 Å². The average Bonchev–Trinajstić information content (AvgIpc) is 3.20. The zero-order valence-corrected chi connectivity index (χ0v) is 17.4. The van der Waals surface area contributed by atoms with E-state index in [9.17, 15) is 14.0 Å². The number of aromatic amines is 1. The van der Waals surface area contributed by atoms with Gasteiger partial charge in [-0.3, -0.25) is 9.59 Å². The number of halogens is 1. The molecule has 2 aliphatic heterocycles. The lowest BCUT2D eigenvalue weighted by molar-refractivity contribution is -0.145. The van der Waals surface area contributed by atoms with Gasteiger partial charge in [-0.2, -0.15) is 0 Å². The molecule has 5 nitrogen and oxygen atoms in total. The molecule has 3 aromatic rings. The summed E-state index contributed by atoms with van der Waals surface area (Å²) in [4.78, 5) is 32.3. The smallest absolute Gasteiger partial charge is 0.246 e. The third-order valence-electron chi connectivity index (χ3n) is 6.45. The molecule has 0 bridgehead atoms. The van der Waals surface area contributed by atoms with E-state index in [0.29, 0.717) is 26.1 Å². The summed E-state index contributed by atoms with van der Waals surface area (Å²) in [5, 5.41) is 0.985. The van der Waals surface area contributed by atoms with Gasteiger partial charge in [0.15, 0.2) is 0 Å². The Morgan fingerprint density at radius 3 is 2.68 bits per heavy atom. The van der Waals surface area contributed by atoms with Crippen molar-refractivity contribution in [2.75, 3.05) is 13.1 Å². The van der Waals surface area contributed by atoms with E-state index in [4.69, 9.17) is 0 Å². The number of hydrogen-bond donors (Lipinski definition) is 1. The molecule has 1 aromatic heterocycles. The Morgan fingerprint density at radius 1 is 1.13 bits per heavy atom. The summed E-state index contributed by atoms with van der Waals surface area (Å²) in [6, 6.07) is 12.3. The van der Waals surface area contributed by atoms with Gasteiger partial charge in [0, 0.05) is 55.6 Å². The van der Waals surface area contributed by atoms with E-state index in [2.05, 4.69) is 11.1 Å². The second-order valence-electron chi connectivity index (χ2n) is 8.29. The van der Waals surface area contributed by atoms with E-state index in [1.807, 2.05) is 35.4 Å². The summed E-state index contributed by atoms with van der Waals surface area (Å²) < 4.78 is 13.5.